The van der Waals surface area contributed by atoms with E-state index in [2.05, 4.69) is 0 Å². The maximum Gasteiger partial charge on any atom is 0.302 e. The van der Waals surface area contributed by atoms with Gasteiger partial charge in [-0.15, -0.1) is 0 Å². The number of carbonyl (C=O) groups excluding carboxylic acids is 2. The largest absolute Gasteiger partial charge is 0.461 e. The summed E-state index contributed by atoms with van der Waals surface area (Å²) in [5.41, 5.74) is 1.46. The van der Waals surface area contributed by atoms with Gasteiger partial charge in [-0.1, -0.05) is 18.2 Å². The smallest absolute Gasteiger partial charge is 0.302 e. The van der Waals surface area contributed by atoms with Crippen LogP contribution in [-0.4, -0.2) is 11.8 Å². The van der Waals surface area contributed by atoms with Crippen molar-refractivity contribution < 1.29 is 14.3 Å². The zero-order valence-corrected chi connectivity index (χ0v) is 8.24. The Balaban J connectivity index is 2.73. The van der Waals surface area contributed by atoms with Gasteiger partial charge in [-0.25, -0.2) is 0 Å². The lowest BCUT2D eigenvalue weighted by Crippen LogP contribution is -2.00. The van der Waals surface area contributed by atoms with Crippen molar-refractivity contribution in [3.05, 3.63) is 35.4 Å². The number of Topliss-reactive ketones (excluding diaryl/α,β-unsaturated/α-hetero) is 1. The van der Waals surface area contributed by atoms with E-state index in [1.54, 1.807) is 18.2 Å². The molecule has 0 aliphatic rings. The molecule has 0 aliphatic heterocycles. The third-order valence-electron chi connectivity index (χ3n) is 1.78. The quantitative estimate of drug-likeness (QED) is 0.543. The maximum absolute atomic E-state index is 11.0. The van der Waals surface area contributed by atoms with Crippen molar-refractivity contribution in [2.45, 2.75) is 20.5 Å². The Bertz CT molecular complexity index is 355. The molecule has 0 bridgehead atoms. The molecule has 0 atom stereocenters. The highest BCUT2D eigenvalue weighted by molar-refractivity contribution is 5.94. The Morgan fingerprint density at radius 2 is 2.00 bits per heavy atom. The van der Waals surface area contributed by atoms with Gasteiger partial charge in [0.25, 0.3) is 0 Å². The summed E-state index contributed by atoms with van der Waals surface area (Å²) in [6.07, 6.45) is 0. The van der Waals surface area contributed by atoms with Crippen molar-refractivity contribution in [2.24, 2.45) is 0 Å². The van der Waals surface area contributed by atoms with E-state index in [9.17, 15) is 9.59 Å². The van der Waals surface area contributed by atoms with Crippen molar-refractivity contribution in [1.29, 1.82) is 0 Å². The van der Waals surface area contributed by atoms with Crippen molar-refractivity contribution >= 4 is 11.8 Å². The van der Waals surface area contributed by atoms with E-state index < -0.39 is 0 Å². The lowest BCUT2D eigenvalue weighted by atomic mass is 10.1. The van der Waals surface area contributed by atoms with E-state index in [4.69, 9.17) is 4.74 Å². The molecule has 0 radical (unpaired) electrons. The summed E-state index contributed by atoms with van der Waals surface area (Å²) in [5, 5.41) is 0. The zero-order valence-electron chi connectivity index (χ0n) is 8.24. The van der Waals surface area contributed by atoms with Gasteiger partial charge >= 0.3 is 5.97 Å². The summed E-state index contributed by atoms with van der Waals surface area (Å²) >= 11 is 0. The Kier molecular flexibility index (Phi) is 3.40. The molecule has 74 valence electrons. The van der Waals surface area contributed by atoms with E-state index in [0.29, 0.717) is 5.56 Å². The molecule has 3 heteroatoms. The first kappa shape index (κ1) is 10.4. The van der Waals surface area contributed by atoms with Crippen LogP contribution in [0.15, 0.2) is 24.3 Å². The minimum Gasteiger partial charge on any atom is -0.461 e. The van der Waals surface area contributed by atoms with Gasteiger partial charge < -0.3 is 4.74 Å². The van der Waals surface area contributed by atoms with Gasteiger partial charge in [0.15, 0.2) is 5.78 Å². The number of ketones is 1. The Morgan fingerprint density at radius 3 is 2.57 bits per heavy atom. The summed E-state index contributed by atoms with van der Waals surface area (Å²) in [6.45, 7) is 3.08. The fourth-order valence-corrected chi connectivity index (χ4v) is 1.07. The maximum atomic E-state index is 11.0. The number of hydrogen-bond acceptors (Lipinski definition) is 3. The molecule has 0 saturated heterocycles. The van der Waals surface area contributed by atoms with Crippen LogP contribution in [0.5, 0.6) is 0 Å². The van der Waals surface area contributed by atoms with Gasteiger partial charge in [0.1, 0.15) is 6.61 Å². The number of benzene rings is 1. The van der Waals surface area contributed by atoms with Gasteiger partial charge in [0.05, 0.1) is 0 Å². The van der Waals surface area contributed by atoms with Gasteiger partial charge in [0.2, 0.25) is 0 Å². The molecule has 1 aromatic rings. The first-order chi connectivity index (χ1) is 6.59. The Hall–Kier alpha value is -1.64. The predicted molar refractivity (Wildman–Crippen MR) is 51.9 cm³/mol. The van der Waals surface area contributed by atoms with Crippen LogP contribution >= 0.6 is 0 Å². The second-order valence-electron chi connectivity index (χ2n) is 3.04. The summed E-state index contributed by atoms with van der Waals surface area (Å²) in [6, 6.07) is 7.05. The SMILES string of the molecule is CC(=O)OCc1cccc(C(C)=O)c1. The molecule has 1 aromatic carbocycles. The topological polar surface area (TPSA) is 43.4 Å². The Labute approximate surface area is 82.7 Å². The average Bonchev–Trinajstić information content (AvgIpc) is 2.15. The lowest BCUT2D eigenvalue weighted by Gasteiger charge is -2.03. The standard InChI is InChI=1S/C11H12O3/c1-8(12)11-5-3-4-10(6-11)7-14-9(2)13/h3-6H,7H2,1-2H3. The third kappa shape index (κ3) is 3.01. The van der Waals surface area contributed by atoms with Crippen LogP contribution in [-0.2, 0) is 16.1 Å². The minimum absolute atomic E-state index is 0.00896. The fraction of sp³-hybridized carbons (Fsp3) is 0.273. The van der Waals surface area contributed by atoms with Crippen LogP contribution in [0.1, 0.15) is 29.8 Å². The zero-order chi connectivity index (χ0) is 10.6. The number of rotatable bonds is 3. The number of hydrogen-bond donors (Lipinski definition) is 0. The third-order valence-corrected chi connectivity index (χ3v) is 1.78. The van der Waals surface area contributed by atoms with Crippen molar-refractivity contribution in [1.82, 2.24) is 0 Å². The monoisotopic (exact) mass is 192 g/mol. The van der Waals surface area contributed by atoms with E-state index in [0.717, 1.165) is 5.56 Å². The van der Waals surface area contributed by atoms with E-state index >= 15 is 0 Å². The summed E-state index contributed by atoms with van der Waals surface area (Å²) in [5.74, 6) is -0.312. The van der Waals surface area contributed by atoms with Gasteiger partial charge in [-0.3, -0.25) is 9.59 Å². The first-order valence-corrected chi connectivity index (χ1v) is 4.33. The second kappa shape index (κ2) is 4.56. The summed E-state index contributed by atoms with van der Waals surface area (Å²) < 4.78 is 4.81. The Morgan fingerprint density at radius 1 is 1.29 bits per heavy atom. The van der Waals surface area contributed by atoms with Gasteiger partial charge in [0, 0.05) is 12.5 Å². The number of ether oxygens (including phenoxy) is 1. The molecule has 0 aliphatic carbocycles. The van der Waals surface area contributed by atoms with Crippen LogP contribution in [0.3, 0.4) is 0 Å². The molecular formula is C11H12O3. The predicted octanol–water partition coefficient (Wildman–Crippen LogP) is 1.95. The molecule has 0 N–H and O–H groups in total. The van der Waals surface area contributed by atoms with E-state index in [1.807, 2.05) is 6.07 Å². The normalized spacial score (nSPS) is 9.57. The molecule has 0 saturated carbocycles. The number of esters is 1. The van der Waals surface area contributed by atoms with E-state index in [-0.39, 0.29) is 18.4 Å². The van der Waals surface area contributed by atoms with Crippen LogP contribution in [0.4, 0.5) is 0 Å². The van der Waals surface area contributed by atoms with Gasteiger partial charge in [-0.2, -0.15) is 0 Å². The highest BCUT2D eigenvalue weighted by Gasteiger charge is 2.01. The van der Waals surface area contributed by atoms with Crippen LogP contribution in [0.2, 0.25) is 0 Å². The summed E-state index contributed by atoms with van der Waals surface area (Å²) in [4.78, 5) is 21.6. The van der Waals surface area contributed by atoms with Crippen LogP contribution < -0.4 is 0 Å². The molecule has 0 aromatic heterocycles. The van der Waals surface area contributed by atoms with Crippen molar-refractivity contribution in [3.8, 4) is 0 Å². The van der Waals surface area contributed by atoms with Crippen LogP contribution in [0, 0.1) is 0 Å². The highest BCUT2D eigenvalue weighted by Crippen LogP contribution is 2.07. The molecule has 0 heterocycles. The highest BCUT2D eigenvalue weighted by atomic mass is 16.5. The molecule has 0 unspecified atom stereocenters. The molecular weight excluding hydrogens is 180 g/mol. The number of carbonyl (C=O) groups is 2. The average molecular weight is 192 g/mol. The fourth-order valence-electron chi connectivity index (χ4n) is 1.07. The first-order valence-electron chi connectivity index (χ1n) is 4.33. The van der Waals surface area contributed by atoms with Crippen LogP contribution in [0.25, 0.3) is 0 Å². The molecule has 3 nitrogen and oxygen atoms in total. The van der Waals surface area contributed by atoms with Crippen molar-refractivity contribution in [2.75, 3.05) is 0 Å². The van der Waals surface area contributed by atoms with Gasteiger partial charge in [-0.05, 0) is 18.6 Å². The van der Waals surface area contributed by atoms with E-state index in [1.165, 1.54) is 13.8 Å². The molecule has 0 spiro atoms. The molecule has 0 amide bonds. The van der Waals surface area contributed by atoms with Crippen molar-refractivity contribution in [3.63, 3.8) is 0 Å². The molecule has 14 heavy (non-hydrogen) atoms. The molecule has 0 fully saturated rings. The molecule has 1 rings (SSSR count). The lowest BCUT2D eigenvalue weighted by molar-refractivity contribution is -0.142. The summed E-state index contributed by atoms with van der Waals surface area (Å²) in [7, 11) is 0. The minimum atomic E-state index is -0.321. The second-order valence-corrected chi connectivity index (χ2v) is 3.04.